The van der Waals surface area contributed by atoms with Crippen molar-refractivity contribution in [2.24, 2.45) is 0 Å². The molecule has 0 saturated carbocycles. The zero-order chi connectivity index (χ0) is 10.2. The Bertz CT molecular complexity index is 317. The van der Waals surface area contributed by atoms with Gasteiger partial charge in [0.05, 0.1) is 16.1 Å². The Morgan fingerprint density at radius 2 is 1.93 bits per heavy atom. The van der Waals surface area contributed by atoms with Crippen molar-refractivity contribution in [1.29, 1.82) is 0 Å². The van der Waals surface area contributed by atoms with Crippen LogP contribution < -0.4 is 0 Å². The van der Waals surface area contributed by atoms with Gasteiger partial charge in [-0.3, -0.25) is 0 Å². The fourth-order valence-electron chi connectivity index (χ4n) is 1.24. The number of unbranched alkanes of at least 4 members (excludes halogenated alkanes) is 1. The van der Waals surface area contributed by atoms with Crippen LogP contribution >= 0.6 is 11.6 Å². The van der Waals surface area contributed by atoms with Gasteiger partial charge in [-0.05, 0) is 24.8 Å². The van der Waals surface area contributed by atoms with Gasteiger partial charge in [0, 0.05) is 5.88 Å². The van der Waals surface area contributed by atoms with Gasteiger partial charge in [0.15, 0.2) is 0 Å². The van der Waals surface area contributed by atoms with E-state index in [-0.39, 0.29) is 0 Å². The summed E-state index contributed by atoms with van der Waals surface area (Å²) in [6.45, 7) is 0. The van der Waals surface area contributed by atoms with Crippen molar-refractivity contribution in [3.8, 4) is 0 Å². The average molecular weight is 229 g/mol. The Kier molecular flexibility index (Phi) is 5.57. The van der Waals surface area contributed by atoms with Gasteiger partial charge >= 0.3 is 0 Å². The van der Waals surface area contributed by atoms with Crippen molar-refractivity contribution < 1.29 is 4.21 Å². The first-order valence-corrected chi connectivity index (χ1v) is 5.93. The molecule has 0 saturated heterocycles. The summed E-state index contributed by atoms with van der Waals surface area (Å²) in [5, 5.41) is 0. The number of hydrogen-bond acceptors (Lipinski definition) is 1. The summed E-state index contributed by atoms with van der Waals surface area (Å²) in [6, 6.07) is 9.80. The average Bonchev–Trinajstić information content (AvgIpc) is 2.26. The molecule has 1 aromatic carbocycles. The molecule has 0 fully saturated rings. The summed E-state index contributed by atoms with van der Waals surface area (Å²) < 4.78 is 10.9. The molecule has 0 heterocycles. The van der Waals surface area contributed by atoms with Gasteiger partial charge < -0.3 is 0 Å². The van der Waals surface area contributed by atoms with E-state index in [9.17, 15) is 4.21 Å². The monoisotopic (exact) mass is 228 g/mol. The Morgan fingerprint density at radius 3 is 2.50 bits per heavy atom. The highest BCUT2D eigenvalue weighted by Crippen LogP contribution is 2.06. The normalized spacial score (nSPS) is 9.79. The summed E-state index contributed by atoms with van der Waals surface area (Å²) in [4.78, 5) is 0.913. The van der Waals surface area contributed by atoms with Crippen LogP contribution in [0.4, 0.5) is 0 Å². The van der Waals surface area contributed by atoms with Gasteiger partial charge in [0.2, 0.25) is 0 Å². The van der Waals surface area contributed by atoms with Gasteiger partial charge in [0.25, 0.3) is 0 Å². The Labute approximate surface area is 93.2 Å². The van der Waals surface area contributed by atoms with E-state index in [1.807, 2.05) is 30.3 Å². The minimum atomic E-state index is 0.597. The van der Waals surface area contributed by atoms with E-state index in [0.29, 0.717) is 17.1 Å². The van der Waals surface area contributed by atoms with Gasteiger partial charge in [-0.2, -0.15) is 0 Å². The molecule has 0 N–H and O–H groups in total. The molecule has 0 bridgehead atoms. The first-order chi connectivity index (χ1) is 6.88. The molecule has 0 aromatic heterocycles. The Morgan fingerprint density at radius 1 is 1.21 bits per heavy atom. The van der Waals surface area contributed by atoms with Gasteiger partial charge in [-0.1, -0.05) is 30.3 Å². The molecule has 14 heavy (non-hydrogen) atoms. The molecule has 76 valence electrons. The Hall–Kier alpha value is -0.600. The van der Waals surface area contributed by atoms with Crippen molar-refractivity contribution in [2.45, 2.75) is 19.3 Å². The molecule has 1 rings (SSSR count). The van der Waals surface area contributed by atoms with Gasteiger partial charge in [-0.15, -0.1) is 11.6 Å². The van der Waals surface area contributed by atoms with Crippen LogP contribution in [0.3, 0.4) is 0 Å². The summed E-state index contributed by atoms with van der Waals surface area (Å²) in [5.74, 6) is 0.672. The van der Waals surface area contributed by atoms with Crippen molar-refractivity contribution in [2.75, 3.05) is 5.88 Å². The number of rotatable bonds is 5. The molecule has 0 aliphatic heterocycles. The van der Waals surface area contributed by atoms with Crippen LogP contribution in [0, 0.1) is 0 Å². The minimum Gasteiger partial charge on any atom is -0.212 e. The summed E-state index contributed by atoms with van der Waals surface area (Å²) in [7, 11) is 0. The Balaban J connectivity index is 2.61. The third kappa shape index (κ3) is 3.64. The lowest BCUT2D eigenvalue weighted by Crippen LogP contribution is -2.00. The molecule has 0 atom stereocenters. The topological polar surface area (TPSA) is 17.1 Å². The lowest BCUT2D eigenvalue weighted by Gasteiger charge is -2.01. The number of halogens is 1. The quantitative estimate of drug-likeness (QED) is 0.328. The third-order valence-electron chi connectivity index (χ3n) is 1.98. The van der Waals surface area contributed by atoms with E-state index in [4.69, 9.17) is 11.6 Å². The summed E-state index contributed by atoms with van der Waals surface area (Å²) in [5.41, 5.74) is 1.04. The van der Waals surface area contributed by atoms with Crippen molar-refractivity contribution in [3.05, 3.63) is 35.9 Å². The van der Waals surface area contributed by atoms with Gasteiger partial charge in [0.1, 0.15) is 0 Å². The van der Waals surface area contributed by atoms with Crippen LogP contribution in [0.15, 0.2) is 30.3 Å². The van der Waals surface area contributed by atoms with E-state index in [1.165, 1.54) is 0 Å². The van der Waals surface area contributed by atoms with Crippen LogP contribution in [0.25, 0.3) is 0 Å². The second-order valence-corrected chi connectivity index (χ2v) is 4.06. The molecule has 3 heteroatoms. The minimum absolute atomic E-state index is 0.597. The van der Waals surface area contributed by atoms with Crippen LogP contribution in [0.5, 0.6) is 0 Å². The fraction of sp³-hybridized carbons (Fsp3) is 0.364. The molecular weight excluding hydrogens is 216 g/mol. The SMILES string of the molecule is O=S=C(CCCCCl)c1ccccc1. The number of benzene rings is 1. The van der Waals surface area contributed by atoms with E-state index in [0.717, 1.165) is 29.7 Å². The molecular formula is C11H13ClOS. The molecule has 0 aliphatic rings. The third-order valence-corrected chi connectivity index (χ3v) is 2.89. The molecule has 0 unspecified atom stereocenters. The highest BCUT2D eigenvalue weighted by molar-refractivity contribution is 7.67. The zero-order valence-electron chi connectivity index (χ0n) is 7.91. The molecule has 0 amide bonds. The molecule has 0 spiro atoms. The van der Waals surface area contributed by atoms with E-state index in [1.54, 1.807) is 0 Å². The highest BCUT2D eigenvalue weighted by atomic mass is 35.5. The molecule has 0 aliphatic carbocycles. The maximum absolute atomic E-state index is 10.9. The first kappa shape index (κ1) is 11.5. The molecule has 0 radical (unpaired) electrons. The van der Waals surface area contributed by atoms with Crippen LogP contribution in [0.2, 0.25) is 0 Å². The fourth-order valence-corrected chi connectivity index (χ4v) is 1.89. The predicted octanol–water partition coefficient (Wildman–Crippen LogP) is 2.83. The van der Waals surface area contributed by atoms with Crippen LogP contribution in [-0.4, -0.2) is 15.0 Å². The van der Waals surface area contributed by atoms with E-state index in [2.05, 4.69) is 0 Å². The molecule has 1 aromatic rings. The van der Waals surface area contributed by atoms with Crippen LogP contribution in [-0.2, 0) is 11.3 Å². The lowest BCUT2D eigenvalue weighted by molar-refractivity contribution is 0.700. The zero-order valence-corrected chi connectivity index (χ0v) is 9.48. The summed E-state index contributed by atoms with van der Waals surface area (Å²) >= 11 is 6.18. The van der Waals surface area contributed by atoms with Crippen LogP contribution in [0.1, 0.15) is 24.8 Å². The maximum Gasteiger partial charge on any atom is 0.0926 e. The smallest absolute Gasteiger partial charge is 0.0926 e. The highest BCUT2D eigenvalue weighted by Gasteiger charge is 2.01. The number of hydrogen-bond donors (Lipinski definition) is 0. The van der Waals surface area contributed by atoms with E-state index < -0.39 is 0 Å². The van der Waals surface area contributed by atoms with Crippen molar-refractivity contribution in [1.82, 2.24) is 0 Å². The second kappa shape index (κ2) is 6.80. The van der Waals surface area contributed by atoms with E-state index >= 15 is 0 Å². The second-order valence-electron chi connectivity index (χ2n) is 3.02. The maximum atomic E-state index is 10.9. The standard InChI is InChI=1S/C11H13ClOS/c12-9-5-4-8-11(14-13)10-6-2-1-3-7-10/h1-3,6-7H,4-5,8-9H2. The predicted molar refractivity (Wildman–Crippen MR) is 63.3 cm³/mol. The summed E-state index contributed by atoms with van der Waals surface area (Å²) in [6.07, 6.45) is 2.80. The largest absolute Gasteiger partial charge is 0.212 e. The van der Waals surface area contributed by atoms with Crippen molar-refractivity contribution >= 4 is 27.7 Å². The molecule has 1 nitrogen and oxygen atoms in total. The van der Waals surface area contributed by atoms with Gasteiger partial charge in [-0.25, -0.2) is 4.21 Å². The lowest BCUT2D eigenvalue weighted by atomic mass is 10.1. The first-order valence-electron chi connectivity index (χ1n) is 4.65. The number of alkyl halides is 1. The van der Waals surface area contributed by atoms with Crippen molar-refractivity contribution in [3.63, 3.8) is 0 Å².